The van der Waals surface area contributed by atoms with Crippen LogP contribution < -0.4 is 0 Å². The molecule has 112 valence electrons. The predicted molar refractivity (Wildman–Crippen MR) is 81.4 cm³/mol. The molecular formula is C17H27NO2. The number of benzene rings is 1. The van der Waals surface area contributed by atoms with Gasteiger partial charge in [0, 0.05) is 6.04 Å². The Kier molecular flexibility index (Phi) is 6.02. The number of hydrogen-bond acceptors (Lipinski definition) is 3. The van der Waals surface area contributed by atoms with Crippen LogP contribution in [0.4, 0.5) is 0 Å². The third-order valence-corrected chi connectivity index (χ3v) is 4.33. The number of nitrogens with zero attached hydrogens (tertiary/aromatic N) is 1. The average Bonchev–Trinajstić information content (AvgIpc) is 3.01. The van der Waals surface area contributed by atoms with Gasteiger partial charge in [0.05, 0.1) is 12.7 Å². The lowest BCUT2D eigenvalue weighted by Crippen LogP contribution is -2.37. The second-order valence-electron chi connectivity index (χ2n) is 5.80. The topological polar surface area (TPSA) is 43.7 Å². The van der Waals surface area contributed by atoms with Crippen molar-refractivity contribution in [3.8, 4) is 0 Å². The van der Waals surface area contributed by atoms with Crippen LogP contribution in [0.25, 0.3) is 0 Å². The molecule has 1 aromatic rings. The van der Waals surface area contributed by atoms with E-state index < -0.39 is 6.10 Å². The van der Waals surface area contributed by atoms with Gasteiger partial charge in [0.1, 0.15) is 0 Å². The third-order valence-electron chi connectivity index (χ3n) is 4.33. The summed E-state index contributed by atoms with van der Waals surface area (Å²) in [7, 11) is 0. The molecule has 2 unspecified atom stereocenters. The van der Waals surface area contributed by atoms with Crippen molar-refractivity contribution in [1.29, 1.82) is 0 Å². The summed E-state index contributed by atoms with van der Waals surface area (Å²) in [5.41, 5.74) is 1.86. The SMILES string of the molecule is CCCCC(C(O)c1ccc(CO)cc1)N1CCCC1. The van der Waals surface area contributed by atoms with Crippen molar-refractivity contribution in [2.24, 2.45) is 0 Å². The highest BCUT2D eigenvalue weighted by Crippen LogP contribution is 2.28. The fraction of sp³-hybridized carbons (Fsp3) is 0.647. The molecule has 1 aliphatic rings. The molecule has 3 nitrogen and oxygen atoms in total. The smallest absolute Gasteiger partial charge is 0.0945 e. The third kappa shape index (κ3) is 3.81. The van der Waals surface area contributed by atoms with Crippen molar-refractivity contribution < 1.29 is 10.2 Å². The number of likely N-dealkylation sites (tertiary alicyclic amines) is 1. The molecule has 0 radical (unpaired) electrons. The number of hydrogen-bond donors (Lipinski definition) is 2. The molecular weight excluding hydrogens is 250 g/mol. The van der Waals surface area contributed by atoms with Crippen molar-refractivity contribution in [1.82, 2.24) is 4.90 Å². The Bertz CT molecular complexity index is 384. The van der Waals surface area contributed by atoms with Gasteiger partial charge in [-0.2, -0.15) is 0 Å². The molecule has 20 heavy (non-hydrogen) atoms. The van der Waals surface area contributed by atoms with Gasteiger partial charge >= 0.3 is 0 Å². The summed E-state index contributed by atoms with van der Waals surface area (Å²) in [6, 6.07) is 7.94. The van der Waals surface area contributed by atoms with Gasteiger partial charge < -0.3 is 10.2 Å². The minimum atomic E-state index is -0.424. The molecule has 0 spiro atoms. The largest absolute Gasteiger partial charge is 0.392 e. The second-order valence-corrected chi connectivity index (χ2v) is 5.80. The summed E-state index contributed by atoms with van der Waals surface area (Å²) in [6.07, 6.45) is 5.46. The van der Waals surface area contributed by atoms with Gasteiger partial charge in [0.2, 0.25) is 0 Å². The highest BCUT2D eigenvalue weighted by Gasteiger charge is 2.28. The van der Waals surface area contributed by atoms with Crippen LogP contribution in [0.5, 0.6) is 0 Å². The van der Waals surface area contributed by atoms with Gasteiger partial charge in [-0.3, -0.25) is 4.90 Å². The molecule has 1 saturated heterocycles. The van der Waals surface area contributed by atoms with E-state index in [2.05, 4.69) is 11.8 Å². The van der Waals surface area contributed by atoms with E-state index in [-0.39, 0.29) is 12.6 Å². The summed E-state index contributed by atoms with van der Waals surface area (Å²) in [4.78, 5) is 2.44. The maximum atomic E-state index is 10.7. The average molecular weight is 277 g/mol. The first-order chi connectivity index (χ1) is 9.76. The van der Waals surface area contributed by atoms with Crippen LogP contribution in [0, 0.1) is 0 Å². The normalized spacial score (nSPS) is 19.1. The standard InChI is InChI=1S/C17H27NO2/c1-2-3-6-16(18-11-4-5-12-18)17(20)15-9-7-14(13-19)8-10-15/h7-10,16-17,19-20H,2-6,11-13H2,1H3. The highest BCUT2D eigenvalue weighted by molar-refractivity contribution is 5.24. The van der Waals surface area contributed by atoms with Gasteiger partial charge in [0.15, 0.2) is 0 Å². The summed E-state index contributed by atoms with van der Waals surface area (Å²) in [5.74, 6) is 0. The van der Waals surface area contributed by atoms with E-state index in [1.165, 1.54) is 19.3 Å². The van der Waals surface area contributed by atoms with E-state index >= 15 is 0 Å². The van der Waals surface area contributed by atoms with Crippen molar-refractivity contribution >= 4 is 0 Å². The Morgan fingerprint density at radius 3 is 2.35 bits per heavy atom. The molecule has 0 aromatic heterocycles. The number of aliphatic hydroxyl groups is 2. The molecule has 1 fully saturated rings. The zero-order valence-corrected chi connectivity index (χ0v) is 12.5. The lowest BCUT2D eigenvalue weighted by Gasteiger charge is -2.32. The van der Waals surface area contributed by atoms with Crippen LogP contribution in [0.15, 0.2) is 24.3 Å². The van der Waals surface area contributed by atoms with E-state index in [1.807, 2.05) is 24.3 Å². The number of unbranched alkanes of at least 4 members (excludes halogenated alkanes) is 1. The van der Waals surface area contributed by atoms with E-state index in [1.54, 1.807) is 0 Å². The fourth-order valence-electron chi connectivity index (χ4n) is 3.07. The summed E-state index contributed by atoms with van der Waals surface area (Å²) >= 11 is 0. The van der Waals surface area contributed by atoms with Crippen LogP contribution in [0.3, 0.4) is 0 Å². The van der Waals surface area contributed by atoms with Gasteiger partial charge in [0.25, 0.3) is 0 Å². The molecule has 1 heterocycles. The molecule has 0 bridgehead atoms. The van der Waals surface area contributed by atoms with Crippen LogP contribution in [0.2, 0.25) is 0 Å². The zero-order valence-electron chi connectivity index (χ0n) is 12.5. The van der Waals surface area contributed by atoms with Gasteiger partial charge in [-0.25, -0.2) is 0 Å². The zero-order chi connectivity index (χ0) is 14.4. The van der Waals surface area contributed by atoms with Crippen molar-refractivity contribution in [2.45, 2.75) is 57.8 Å². The minimum Gasteiger partial charge on any atom is -0.392 e. The van der Waals surface area contributed by atoms with E-state index in [4.69, 9.17) is 5.11 Å². The molecule has 2 atom stereocenters. The van der Waals surface area contributed by atoms with E-state index in [9.17, 15) is 5.11 Å². The summed E-state index contributed by atoms with van der Waals surface area (Å²) in [6.45, 7) is 4.48. The Balaban J connectivity index is 2.08. The molecule has 2 N–H and O–H groups in total. The Hall–Kier alpha value is -0.900. The van der Waals surface area contributed by atoms with Crippen molar-refractivity contribution in [2.75, 3.05) is 13.1 Å². The van der Waals surface area contributed by atoms with Crippen molar-refractivity contribution in [3.63, 3.8) is 0 Å². The quantitative estimate of drug-likeness (QED) is 0.805. The predicted octanol–water partition coefficient (Wildman–Crippen LogP) is 2.87. The molecule has 0 aliphatic carbocycles. The molecule has 0 amide bonds. The number of rotatable bonds is 7. The molecule has 0 saturated carbocycles. The van der Waals surface area contributed by atoms with Crippen LogP contribution in [-0.2, 0) is 6.61 Å². The fourth-order valence-corrected chi connectivity index (χ4v) is 3.07. The molecule has 1 aromatic carbocycles. The maximum absolute atomic E-state index is 10.7. The van der Waals surface area contributed by atoms with Gasteiger partial charge in [-0.05, 0) is 43.5 Å². The Morgan fingerprint density at radius 2 is 1.80 bits per heavy atom. The first kappa shape index (κ1) is 15.5. The van der Waals surface area contributed by atoms with Gasteiger partial charge in [-0.1, -0.05) is 44.0 Å². The monoisotopic (exact) mass is 277 g/mol. The molecule has 2 rings (SSSR count). The lowest BCUT2D eigenvalue weighted by atomic mass is 9.96. The van der Waals surface area contributed by atoms with Crippen LogP contribution >= 0.6 is 0 Å². The number of aliphatic hydroxyl groups excluding tert-OH is 2. The molecule has 1 aliphatic heterocycles. The maximum Gasteiger partial charge on any atom is 0.0945 e. The summed E-state index contributed by atoms with van der Waals surface area (Å²) < 4.78 is 0. The summed E-state index contributed by atoms with van der Waals surface area (Å²) in [5, 5.41) is 19.8. The second kappa shape index (κ2) is 7.77. The minimum absolute atomic E-state index is 0.0573. The highest BCUT2D eigenvalue weighted by atomic mass is 16.3. The van der Waals surface area contributed by atoms with E-state index in [0.717, 1.165) is 37.1 Å². The molecule has 3 heteroatoms. The van der Waals surface area contributed by atoms with Crippen LogP contribution in [-0.4, -0.2) is 34.2 Å². The first-order valence-corrected chi connectivity index (χ1v) is 7.88. The van der Waals surface area contributed by atoms with Crippen LogP contribution in [0.1, 0.15) is 56.3 Å². The Morgan fingerprint density at radius 1 is 1.15 bits per heavy atom. The first-order valence-electron chi connectivity index (χ1n) is 7.88. The van der Waals surface area contributed by atoms with Crippen molar-refractivity contribution in [3.05, 3.63) is 35.4 Å². The van der Waals surface area contributed by atoms with Gasteiger partial charge in [-0.15, -0.1) is 0 Å². The lowest BCUT2D eigenvalue weighted by molar-refractivity contribution is 0.0549. The Labute approximate surface area is 122 Å². The van der Waals surface area contributed by atoms with E-state index in [0.29, 0.717) is 0 Å².